The van der Waals surface area contributed by atoms with Crippen molar-refractivity contribution in [2.24, 2.45) is 7.05 Å². The van der Waals surface area contributed by atoms with E-state index in [2.05, 4.69) is 17.2 Å². The second-order valence-corrected chi connectivity index (χ2v) is 8.22. The lowest BCUT2D eigenvalue weighted by Gasteiger charge is -2.24. The molecule has 3 aromatic rings. The summed E-state index contributed by atoms with van der Waals surface area (Å²) >= 11 is 0. The Balaban J connectivity index is 1.92. The maximum Gasteiger partial charge on any atom is 0.255 e. The van der Waals surface area contributed by atoms with E-state index >= 15 is 0 Å². The molecule has 0 bridgehead atoms. The number of aryl methyl sites for hydroxylation is 3. The molecule has 33 heavy (non-hydrogen) atoms. The first kappa shape index (κ1) is 22.3. The Bertz CT molecular complexity index is 1300. The van der Waals surface area contributed by atoms with Gasteiger partial charge in [-0.2, -0.15) is 0 Å². The molecule has 0 fully saturated rings. The van der Waals surface area contributed by atoms with E-state index in [1.807, 2.05) is 0 Å². The molecule has 6 nitrogen and oxygen atoms in total. The van der Waals surface area contributed by atoms with Crippen LogP contribution < -0.4 is 20.9 Å². The van der Waals surface area contributed by atoms with E-state index in [-0.39, 0.29) is 17.3 Å². The minimum absolute atomic E-state index is 0.0373. The van der Waals surface area contributed by atoms with Gasteiger partial charge in [-0.3, -0.25) is 9.59 Å². The Labute approximate surface area is 191 Å². The van der Waals surface area contributed by atoms with E-state index in [0.717, 1.165) is 29.8 Å². The summed E-state index contributed by atoms with van der Waals surface area (Å²) in [5.41, 5.74) is 4.84. The highest BCUT2D eigenvalue weighted by molar-refractivity contribution is 5.99. The second kappa shape index (κ2) is 8.94. The first-order valence-electron chi connectivity index (χ1n) is 10.8. The molecule has 1 aliphatic heterocycles. The zero-order chi connectivity index (χ0) is 23.7. The predicted molar refractivity (Wildman–Crippen MR) is 129 cm³/mol. The van der Waals surface area contributed by atoms with Crippen molar-refractivity contribution in [3.8, 4) is 22.6 Å². The van der Waals surface area contributed by atoms with Crippen molar-refractivity contribution in [3.63, 3.8) is 0 Å². The minimum Gasteiger partial charge on any atom is -0.456 e. The Hall–Kier alpha value is -3.87. The normalized spacial score (nSPS) is 12.5. The molecule has 170 valence electrons. The highest BCUT2D eigenvalue weighted by Gasteiger charge is 2.22. The van der Waals surface area contributed by atoms with Crippen LogP contribution in [0.5, 0.6) is 11.5 Å². The molecule has 0 saturated heterocycles. The fourth-order valence-electron chi connectivity index (χ4n) is 4.18. The molecule has 2 aromatic carbocycles. The lowest BCUT2D eigenvalue weighted by Crippen LogP contribution is -2.27. The molecule has 4 rings (SSSR count). The molecule has 0 aliphatic carbocycles. The number of pyridine rings is 1. The number of carbonyl (C=O) groups is 1. The van der Waals surface area contributed by atoms with Crippen molar-refractivity contribution in [3.05, 3.63) is 82.0 Å². The molecule has 1 aromatic heterocycles. The molecule has 0 atom stereocenters. The number of amides is 1. The fraction of sp³-hybridized carbons (Fsp3) is 0.231. The number of nitrogens with zero attached hydrogens (tertiary/aromatic N) is 1. The van der Waals surface area contributed by atoms with E-state index in [4.69, 9.17) is 4.74 Å². The summed E-state index contributed by atoms with van der Waals surface area (Å²) in [5, 5.41) is 6.15. The van der Waals surface area contributed by atoms with Crippen molar-refractivity contribution in [2.45, 2.75) is 26.7 Å². The van der Waals surface area contributed by atoms with Crippen molar-refractivity contribution < 1.29 is 13.9 Å². The molecular formula is C26H26FN3O3. The van der Waals surface area contributed by atoms with Crippen LogP contribution in [0.4, 0.5) is 15.8 Å². The van der Waals surface area contributed by atoms with Crippen LogP contribution in [0.1, 0.15) is 23.1 Å². The summed E-state index contributed by atoms with van der Waals surface area (Å²) in [6.07, 6.45) is 4.52. The quantitative estimate of drug-likeness (QED) is 0.535. The van der Waals surface area contributed by atoms with Gasteiger partial charge in [-0.05, 0) is 74.2 Å². The zero-order valence-electron chi connectivity index (χ0n) is 18.9. The van der Waals surface area contributed by atoms with Gasteiger partial charge < -0.3 is 19.9 Å². The third-order valence-corrected chi connectivity index (χ3v) is 5.74. The van der Waals surface area contributed by atoms with Crippen LogP contribution in [0.25, 0.3) is 11.1 Å². The molecule has 1 aliphatic rings. The third-order valence-electron chi connectivity index (χ3n) is 5.74. The number of hydrogen-bond acceptors (Lipinski definition) is 4. The number of halogens is 1. The summed E-state index contributed by atoms with van der Waals surface area (Å²) < 4.78 is 21.7. The van der Waals surface area contributed by atoms with E-state index in [0.29, 0.717) is 40.3 Å². The monoisotopic (exact) mass is 447 g/mol. The van der Waals surface area contributed by atoms with Gasteiger partial charge in [-0.15, -0.1) is 0 Å². The van der Waals surface area contributed by atoms with Crippen LogP contribution in [0.3, 0.4) is 0 Å². The van der Waals surface area contributed by atoms with Crippen molar-refractivity contribution in [1.82, 2.24) is 4.57 Å². The Morgan fingerprint density at radius 1 is 1.21 bits per heavy atom. The first-order chi connectivity index (χ1) is 15.8. The average molecular weight is 448 g/mol. The van der Waals surface area contributed by atoms with Gasteiger partial charge in [-0.25, -0.2) is 4.39 Å². The standard InChI is InChI=1S/C26H26FN3O3/c1-5-23(31)29-18-8-9-22(33-25-15(2)11-17(27)12-16(25)3)20(13-18)21-14-30(4)26(32)19-7-6-10-28-24(19)21/h5,8-9,11-14,28H,1,6-7,10H2,2-4H3,(H,29,31). The number of benzene rings is 2. The van der Waals surface area contributed by atoms with Gasteiger partial charge in [0, 0.05) is 42.2 Å². The molecule has 2 N–H and O–H groups in total. The Morgan fingerprint density at radius 2 is 1.94 bits per heavy atom. The van der Waals surface area contributed by atoms with Crippen molar-refractivity contribution in [2.75, 3.05) is 17.2 Å². The number of ether oxygens (including phenoxy) is 1. The van der Waals surface area contributed by atoms with Crippen LogP contribution in [0, 0.1) is 19.7 Å². The van der Waals surface area contributed by atoms with E-state index < -0.39 is 0 Å². The van der Waals surface area contributed by atoms with Gasteiger partial charge in [0.1, 0.15) is 17.3 Å². The molecule has 2 heterocycles. The second-order valence-electron chi connectivity index (χ2n) is 8.22. The van der Waals surface area contributed by atoms with Crippen LogP contribution in [-0.2, 0) is 18.3 Å². The highest BCUT2D eigenvalue weighted by Crippen LogP contribution is 2.41. The summed E-state index contributed by atoms with van der Waals surface area (Å²) in [6.45, 7) is 7.84. The number of carbonyl (C=O) groups excluding carboxylic acids is 1. The van der Waals surface area contributed by atoms with Gasteiger partial charge in [0.25, 0.3) is 5.56 Å². The number of rotatable bonds is 5. The van der Waals surface area contributed by atoms with Crippen LogP contribution in [0.15, 0.2) is 54.0 Å². The Kier molecular flexibility index (Phi) is 6.05. The van der Waals surface area contributed by atoms with Gasteiger partial charge >= 0.3 is 0 Å². The SMILES string of the molecule is C=CC(=O)Nc1ccc(Oc2c(C)cc(F)cc2C)c(-c2cn(C)c(=O)c3c2NCCC3)c1. The average Bonchev–Trinajstić information content (AvgIpc) is 2.79. The number of nitrogens with one attached hydrogen (secondary N) is 2. The predicted octanol–water partition coefficient (Wildman–Crippen LogP) is 5.08. The summed E-state index contributed by atoms with van der Waals surface area (Å²) in [7, 11) is 1.72. The number of hydrogen-bond donors (Lipinski definition) is 2. The Morgan fingerprint density at radius 3 is 2.64 bits per heavy atom. The van der Waals surface area contributed by atoms with Crippen LogP contribution in [0.2, 0.25) is 0 Å². The molecule has 1 amide bonds. The van der Waals surface area contributed by atoms with Crippen molar-refractivity contribution >= 4 is 17.3 Å². The molecule has 7 heteroatoms. The van der Waals surface area contributed by atoms with Gasteiger partial charge in [0.05, 0.1) is 5.69 Å². The van der Waals surface area contributed by atoms with Crippen LogP contribution >= 0.6 is 0 Å². The number of aromatic nitrogens is 1. The van der Waals surface area contributed by atoms with Crippen molar-refractivity contribution in [1.29, 1.82) is 0 Å². The van der Waals surface area contributed by atoms with Crippen LogP contribution in [-0.4, -0.2) is 17.0 Å². The smallest absolute Gasteiger partial charge is 0.255 e. The topological polar surface area (TPSA) is 72.4 Å². The summed E-state index contributed by atoms with van der Waals surface area (Å²) in [5.74, 6) is 0.432. The van der Waals surface area contributed by atoms with E-state index in [1.165, 1.54) is 18.2 Å². The van der Waals surface area contributed by atoms with E-state index in [9.17, 15) is 14.0 Å². The van der Waals surface area contributed by atoms with Gasteiger partial charge in [-0.1, -0.05) is 6.58 Å². The first-order valence-corrected chi connectivity index (χ1v) is 10.8. The summed E-state index contributed by atoms with van der Waals surface area (Å²) in [6, 6.07) is 8.15. The largest absolute Gasteiger partial charge is 0.456 e. The maximum absolute atomic E-state index is 13.8. The lowest BCUT2D eigenvalue weighted by molar-refractivity contribution is -0.111. The third kappa shape index (κ3) is 4.39. The summed E-state index contributed by atoms with van der Waals surface area (Å²) in [4.78, 5) is 24.6. The number of fused-ring (bicyclic) bond motifs is 1. The maximum atomic E-state index is 13.8. The molecule has 0 saturated carbocycles. The van der Waals surface area contributed by atoms with Gasteiger partial charge in [0.2, 0.25) is 5.91 Å². The molecule has 0 radical (unpaired) electrons. The zero-order valence-corrected chi connectivity index (χ0v) is 18.9. The fourth-order valence-corrected chi connectivity index (χ4v) is 4.18. The minimum atomic E-state index is -0.333. The highest BCUT2D eigenvalue weighted by atomic mass is 19.1. The molecule has 0 unspecified atom stereocenters. The molecular weight excluding hydrogens is 421 g/mol. The number of anilines is 2. The molecule has 0 spiro atoms. The van der Waals surface area contributed by atoms with E-state index in [1.54, 1.807) is 49.9 Å². The van der Waals surface area contributed by atoms with Gasteiger partial charge in [0.15, 0.2) is 0 Å². The lowest BCUT2D eigenvalue weighted by atomic mass is 9.96.